The molecule has 1 aromatic heterocycles. The maximum Gasteiger partial charge on any atom is 0.274 e. The van der Waals surface area contributed by atoms with Crippen molar-refractivity contribution >= 4 is 5.91 Å². The number of aryl methyl sites for hydroxylation is 1. The Morgan fingerprint density at radius 1 is 1.53 bits per heavy atom. The number of hydrogen-bond donors (Lipinski definition) is 1. The maximum absolute atomic E-state index is 12.2. The van der Waals surface area contributed by atoms with Gasteiger partial charge >= 0.3 is 0 Å². The maximum atomic E-state index is 12.2. The van der Waals surface area contributed by atoms with Gasteiger partial charge in [0.2, 0.25) is 0 Å². The first-order chi connectivity index (χ1) is 8.13. The Morgan fingerprint density at radius 2 is 2.18 bits per heavy atom. The van der Waals surface area contributed by atoms with Gasteiger partial charge in [0, 0.05) is 25.8 Å². The van der Waals surface area contributed by atoms with E-state index in [1.165, 1.54) is 0 Å². The van der Waals surface area contributed by atoms with Gasteiger partial charge in [-0.1, -0.05) is 13.8 Å². The largest absolute Gasteiger partial charge is 0.395 e. The summed E-state index contributed by atoms with van der Waals surface area (Å²) in [5.74, 6) is -0.103. The summed E-state index contributed by atoms with van der Waals surface area (Å²) in [6, 6.07) is 1.87. The quantitative estimate of drug-likeness (QED) is 0.807. The molecule has 5 heteroatoms. The van der Waals surface area contributed by atoms with Crippen LogP contribution in [0, 0.1) is 0 Å². The molecule has 0 aliphatic heterocycles. The summed E-state index contributed by atoms with van der Waals surface area (Å²) in [6.07, 6.45) is 3.52. The fourth-order valence-electron chi connectivity index (χ4n) is 1.96. The first-order valence-electron chi connectivity index (χ1n) is 6.05. The van der Waals surface area contributed by atoms with E-state index >= 15 is 0 Å². The lowest BCUT2D eigenvalue weighted by Gasteiger charge is -2.29. The van der Waals surface area contributed by atoms with Gasteiger partial charge < -0.3 is 10.0 Å². The van der Waals surface area contributed by atoms with Gasteiger partial charge in [0.25, 0.3) is 5.91 Å². The van der Waals surface area contributed by atoms with Crippen LogP contribution in [0.3, 0.4) is 0 Å². The monoisotopic (exact) mass is 239 g/mol. The molecule has 0 radical (unpaired) electrons. The third-order valence-electron chi connectivity index (χ3n) is 2.92. The zero-order valence-electron chi connectivity index (χ0n) is 10.8. The Kier molecular flexibility index (Phi) is 5.15. The number of aliphatic hydroxyl groups is 1. The molecule has 96 valence electrons. The molecule has 1 amide bonds. The van der Waals surface area contributed by atoms with Crippen molar-refractivity contribution in [2.24, 2.45) is 7.05 Å². The van der Waals surface area contributed by atoms with Crippen molar-refractivity contribution in [2.75, 3.05) is 13.2 Å². The molecule has 0 aromatic carbocycles. The summed E-state index contributed by atoms with van der Waals surface area (Å²) in [7, 11) is 1.78. The summed E-state index contributed by atoms with van der Waals surface area (Å²) >= 11 is 0. The van der Waals surface area contributed by atoms with Gasteiger partial charge in [-0.15, -0.1) is 0 Å². The summed E-state index contributed by atoms with van der Waals surface area (Å²) in [4.78, 5) is 14.0. The van der Waals surface area contributed by atoms with E-state index in [0.29, 0.717) is 12.2 Å². The lowest BCUT2D eigenvalue weighted by molar-refractivity contribution is 0.0615. The smallest absolute Gasteiger partial charge is 0.274 e. The van der Waals surface area contributed by atoms with Gasteiger partial charge in [-0.2, -0.15) is 5.10 Å². The number of aliphatic hydroxyl groups excluding tert-OH is 1. The number of aromatic nitrogens is 2. The van der Waals surface area contributed by atoms with Crippen molar-refractivity contribution < 1.29 is 9.90 Å². The van der Waals surface area contributed by atoms with Crippen molar-refractivity contribution in [3.8, 4) is 0 Å². The van der Waals surface area contributed by atoms with E-state index in [1.807, 2.05) is 13.8 Å². The standard InChI is InChI=1S/C12H21N3O2/c1-4-10(5-2)15(8-9-16)12(17)11-6-7-14(3)13-11/h6-7,10,16H,4-5,8-9H2,1-3H3. The second-order valence-electron chi connectivity index (χ2n) is 4.07. The highest BCUT2D eigenvalue weighted by Gasteiger charge is 2.23. The first kappa shape index (κ1) is 13.7. The van der Waals surface area contributed by atoms with E-state index in [0.717, 1.165) is 12.8 Å². The van der Waals surface area contributed by atoms with Gasteiger partial charge in [0.05, 0.1) is 6.61 Å². The van der Waals surface area contributed by atoms with Gasteiger partial charge in [-0.05, 0) is 18.9 Å². The van der Waals surface area contributed by atoms with E-state index in [2.05, 4.69) is 5.10 Å². The molecule has 1 heterocycles. The second kappa shape index (κ2) is 6.39. The molecule has 0 aliphatic carbocycles. The average Bonchev–Trinajstić information content (AvgIpc) is 2.75. The lowest BCUT2D eigenvalue weighted by atomic mass is 10.1. The number of carbonyl (C=O) groups is 1. The minimum absolute atomic E-state index is 0.0188. The van der Waals surface area contributed by atoms with E-state index in [1.54, 1.807) is 28.9 Å². The van der Waals surface area contributed by atoms with Crippen LogP contribution in [0.25, 0.3) is 0 Å². The zero-order valence-corrected chi connectivity index (χ0v) is 10.8. The van der Waals surface area contributed by atoms with Crippen LogP contribution >= 0.6 is 0 Å². The normalized spacial score (nSPS) is 10.9. The van der Waals surface area contributed by atoms with Gasteiger partial charge in [0.15, 0.2) is 0 Å². The Hall–Kier alpha value is -1.36. The summed E-state index contributed by atoms with van der Waals surface area (Å²) in [5.41, 5.74) is 0.438. The second-order valence-corrected chi connectivity index (χ2v) is 4.07. The van der Waals surface area contributed by atoms with Crippen LogP contribution in [-0.4, -0.2) is 44.9 Å². The van der Waals surface area contributed by atoms with E-state index in [4.69, 9.17) is 5.11 Å². The number of rotatable bonds is 6. The number of nitrogens with zero attached hydrogens (tertiary/aromatic N) is 3. The molecule has 0 spiro atoms. The fourth-order valence-corrected chi connectivity index (χ4v) is 1.96. The minimum Gasteiger partial charge on any atom is -0.395 e. The third-order valence-corrected chi connectivity index (χ3v) is 2.92. The highest BCUT2D eigenvalue weighted by atomic mass is 16.3. The first-order valence-corrected chi connectivity index (χ1v) is 6.05. The van der Waals surface area contributed by atoms with Crippen LogP contribution in [0.1, 0.15) is 37.2 Å². The van der Waals surface area contributed by atoms with Crippen LogP contribution in [0.4, 0.5) is 0 Å². The average molecular weight is 239 g/mol. The van der Waals surface area contributed by atoms with Crippen molar-refractivity contribution in [3.63, 3.8) is 0 Å². The molecule has 17 heavy (non-hydrogen) atoms. The van der Waals surface area contributed by atoms with Crippen LogP contribution in [0.2, 0.25) is 0 Å². The third kappa shape index (κ3) is 3.30. The number of hydrogen-bond acceptors (Lipinski definition) is 3. The van der Waals surface area contributed by atoms with Crippen LogP contribution in [0.5, 0.6) is 0 Å². The number of amides is 1. The van der Waals surface area contributed by atoms with Crippen molar-refractivity contribution in [1.29, 1.82) is 0 Å². The molecule has 0 saturated carbocycles. The summed E-state index contributed by atoms with van der Waals surface area (Å²) < 4.78 is 1.61. The topological polar surface area (TPSA) is 58.4 Å². The molecule has 0 bridgehead atoms. The molecule has 1 aromatic rings. The van der Waals surface area contributed by atoms with Crippen molar-refractivity contribution in [1.82, 2.24) is 14.7 Å². The summed E-state index contributed by atoms with van der Waals surface area (Å²) in [5, 5.41) is 13.2. The Balaban J connectivity index is 2.86. The Labute approximate surface area is 102 Å². The van der Waals surface area contributed by atoms with Gasteiger partial charge in [0.1, 0.15) is 5.69 Å². The van der Waals surface area contributed by atoms with Crippen LogP contribution in [-0.2, 0) is 7.05 Å². The molecule has 0 fully saturated rings. The molecule has 0 unspecified atom stereocenters. The molecular weight excluding hydrogens is 218 g/mol. The fraction of sp³-hybridized carbons (Fsp3) is 0.667. The highest BCUT2D eigenvalue weighted by molar-refractivity contribution is 5.92. The van der Waals surface area contributed by atoms with Crippen LogP contribution in [0.15, 0.2) is 12.3 Å². The van der Waals surface area contributed by atoms with E-state index < -0.39 is 0 Å². The molecule has 0 saturated heterocycles. The number of carbonyl (C=O) groups excluding carboxylic acids is 1. The molecule has 1 N–H and O–H groups in total. The predicted octanol–water partition coefficient (Wildman–Crippen LogP) is 1.04. The molecule has 0 atom stereocenters. The lowest BCUT2D eigenvalue weighted by Crippen LogP contribution is -2.41. The Bertz CT molecular complexity index is 358. The SMILES string of the molecule is CCC(CC)N(CCO)C(=O)c1ccn(C)n1. The van der Waals surface area contributed by atoms with E-state index in [-0.39, 0.29) is 18.6 Å². The zero-order chi connectivity index (χ0) is 12.8. The summed E-state index contributed by atoms with van der Waals surface area (Å²) in [6.45, 7) is 4.44. The van der Waals surface area contributed by atoms with Crippen molar-refractivity contribution in [3.05, 3.63) is 18.0 Å². The predicted molar refractivity (Wildman–Crippen MR) is 65.7 cm³/mol. The van der Waals surface area contributed by atoms with Gasteiger partial charge in [-0.25, -0.2) is 0 Å². The highest BCUT2D eigenvalue weighted by Crippen LogP contribution is 2.12. The van der Waals surface area contributed by atoms with E-state index in [9.17, 15) is 4.79 Å². The molecule has 1 rings (SSSR count). The Morgan fingerprint density at radius 3 is 2.59 bits per heavy atom. The van der Waals surface area contributed by atoms with Crippen molar-refractivity contribution in [2.45, 2.75) is 32.7 Å². The molecule has 0 aliphatic rings. The molecular formula is C12H21N3O2. The van der Waals surface area contributed by atoms with Crippen LogP contribution < -0.4 is 0 Å². The molecule has 5 nitrogen and oxygen atoms in total. The minimum atomic E-state index is -0.103. The van der Waals surface area contributed by atoms with Gasteiger partial charge in [-0.3, -0.25) is 9.48 Å².